The van der Waals surface area contributed by atoms with E-state index in [0.717, 1.165) is 0 Å². The van der Waals surface area contributed by atoms with Crippen LogP contribution >= 0.6 is 0 Å². The molecule has 0 bridgehead atoms. The maximum absolute atomic E-state index is 13.0. The highest BCUT2D eigenvalue weighted by Crippen LogP contribution is 2.22. The van der Waals surface area contributed by atoms with Crippen LogP contribution in [0.3, 0.4) is 0 Å². The molecule has 1 aromatic carbocycles. The molecule has 1 aliphatic rings. The van der Waals surface area contributed by atoms with Gasteiger partial charge in [0.25, 0.3) is 5.91 Å². The summed E-state index contributed by atoms with van der Waals surface area (Å²) in [6.07, 6.45) is 3.24. The molecule has 1 aliphatic heterocycles. The van der Waals surface area contributed by atoms with Crippen LogP contribution < -0.4 is 5.32 Å². The van der Waals surface area contributed by atoms with Crippen molar-refractivity contribution in [3.63, 3.8) is 0 Å². The molecule has 156 valence electrons. The minimum atomic E-state index is -3.68. The smallest absolute Gasteiger partial charge is 0.273 e. The minimum Gasteiger partial charge on any atom is -0.379 e. The Morgan fingerprint density at radius 3 is 2.70 bits per heavy atom. The normalized spacial score (nSPS) is 15.1. The Kier molecular flexibility index (Phi) is 5.88. The van der Waals surface area contributed by atoms with E-state index >= 15 is 0 Å². The predicted molar refractivity (Wildman–Crippen MR) is 107 cm³/mol. The van der Waals surface area contributed by atoms with Gasteiger partial charge in [-0.05, 0) is 23.8 Å². The Balaban J connectivity index is 1.48. The van der Waals surface area contributed by atoms with Gasteiger partial charge in [-0.3, -0.25) is 9.78 Å². The summed E-state index contributed by atoms with van der Waals surface area (Å²) >= 11 is 0. The molecule has 1 saturated heterocycles. The summed E-state index contributed by atoms with van der Waals surface area (Å²) in [5.74, 6) is -0.0454. The van der Waals surface area contributed by atoms with Crippen molar-refractivity contribution in [3.8, 4) is 11.3 Å². The number of nitrogens with zero attached hydrogens (tertiary/aromatic N) is 3. The van der Waals surface area contributed by atoms with Crippen LogP contribution in [0, 0.1) is 0 Å². The summed E-state index contributed by atoms with van der Waals surface area (Å²) in [5.41, 5.74) is 1.29. The quantitative estimate of drug-likeness (QED) is 0.635. The van der Waals surface area contributed by atoms with Crippen LogP contribution in [-0.2, 0) is 21.3 Å². The van der Waals surface area contributed by atoms with Crippen LogP contribution in [-0.4, -0.2) is 55.1 Å². The van der Waals surface area contributed by atoms with E-state index in [9.17, 15) is 13.2 Å². The van der Waals surface area contributed by atoms with Crippen LogP contribution in [0.25, 0.3) is 11.3 Å². The predicted octanol–water partition coefficient (Wildman–Crippen LogP) is 1.69. The van der Waals surface area contributed by atoms with Crippen LogP contribution in [0.1, 0.15) is 16.1 Å². The molecule has 1 N–H and O–H groups in total. The van der Waals surface area contributed by atoms with Crippen LogP contribution in [0.5, 0.6) is 0 Å². The Hall–Kier alpha value is -3.08. The van der Waals surface area contributed by atoms with Crippen molar-refractivity contribution in [2.45, 2.75) is 11.4 Å². The first-order chi connectivity index (χ1) is 14.6. The number of morpholine rings is 1. The van der Waals surface area contributed by atoms with Gasteiger partial charge in [0.1, 0.15) is 0 Å². The molecule has 0 radical (unpaired) electrons. The highest BCUT2D eigenvalue weighted by atomic mass is 32.2. The molecule has 4 rings (SSSR count). The van der Waals surface area contributed by atoms with E-state index in [-0.39, 0.29) is 17.1 Å². The summed E-state index contributed by atoms with van der Waals surface area (Å²) in [6, 6.07) is 11.7. The molecule has 3 aromatic rings. The third-order valence-corrected chi connectivity index (χ3v) is 6.69. The van der Waals surface area contributed by atoms with Crippen molar-refractivity contribution < 1.29 is 22.5 Å². The van der Waals surface area contributed by atoms with Crippen molar-refractivity contribution >= 4 is 15.9 Å². The Morgan fingerprint density at radius 1 is 1.13 bits per heavy atom. The molecule has 9 nitrogen and oxygen atoms in total. The number of sulfonamides is 1. The zero-order valence-electron chi connectivity index (χ0n) is 16.0. The molecule has 1 amide bonds. The average Bonchev–Trinajstić information content (AvgIpc) is 3.29. The number of hydrogen-bond acceptors (Lipinski definition) is 7. The van der Waals surface area contributed by atoms with E-state index in [2.05, 4.69) is 15.5 Å². The van der Waals surface area contributed by atoms with Gasteiger partial charge in [0, 0.05) is 43.7 Å². The van der Waals surface area contributed by atoms with Gasteiger partial charge < -0.3 is 14.6 Å². The molecular weight excluding hydrogens is 408 g/mol. The van der Waals surface area contributed by atoms with Crippen molar-refractivity contribution in [1.29, 1.82) is 0 Å². The number of pyridine rings is 1. The standard InChI is InChI=1S/C20H20N4O5S/c25-20(17-12-18(29-23-17)15-5-3-7-21-13-15)22-14-16-4-1-2-6-19(16)30(26,27)24-8-10-28-11-9-24/h1-7,12-13H,8-11,14H2,(H,22,25). The van der Waals surface area contributed by atoms with Gasteiger partial charge in [0.2, 0.25) is 10.0 Å². The third-order valence-electron chi connectivity index (χ3n) is 4.69. The Bertz CT molecular complexity index is 1120. The molecule has 30 heavy (non-hydrogen) atoms. The fourth-order valence-corrected chi connectivity index (χ4v) is 4.75. The molecule has 0 unspecified atom stereocenters. The van der Waals surface area contributed by atoms with E-state index in [4.69, 9.17) is 9.26 Å². The third kappa shape index (κ3) is 4.25. The van der Waals surface area contributed by atoms with Crippen molar-refractivity contribution in [3.05, 3.63) is 66.1 Å². The van der Waals surface area contributed by atoms with Gasteiger partial charge in [-0.2, -0.15) is 4.31 Å². The molecular formula is C20H20N4O5S. The highest BCUT2D eigenvalue weighted by molar-refractivity contribution is 7.89. The molecule has 1 fully saturated rings. The number of benzene rings is 1. The SMILES string of the molecule is O=C(NCc1ccccc1S(=O)(=O)N1CCOCC1)c1cc(-c2cccnc2)on1. The lowest BCUT2D eigenvalue weighted by atomic mass is 10.2. The van der Waals surface area contributed by atoms with E-state index < -0.39 is 15.9 Å². The second-order valence-electron chi connectivity index (χ2n) is 6.62. The van der Waals surface area contributed by atoms with Gasteiger partial charge in [-0.1, -0.05) is 23.4 Å². The van der Waals surface area contributed by atoms with Crippen LogP contribution in [0.15, 0.2) is 64.3 Å². The minimum absolute atomic E-state index is 0.0354. The first-order valence-electron chi connectivity index (χ1n) is 9.37. The highest BCUT2D eigenvalue weighted by Gasteiger charge is 2.28. The molecule has 10 heteroatoms. The second kappa shape index (κ2) is 8.74. The molecule has 2 aromatic heterocycles. The number of aromatic nitrogens is 2. The zero-order chi connectivity index (χ0) is 21.0. The fourth-order valence-electron chi connectivity index (χ4n) is 3.12. The summed E-state index contributed by atoms with van der Waals surface area (Å²) in [4.78, 5) is 16.7. The monoisotopic (exact) mass is 428 g/mol. The largest absolute Gasteiger partial charge is 0.379 e. The Morgan fingerprint density at radius 2 is 1.93 bits per heavy atom. The van der Waals surface area contributed by atoms with Gasteiger partial charge in [0.05, 0.1) is 18.1 Å². The number of carbonyl (C=O) groups excluding carboxylic acids is 1. The van der Waals surface area contributed by atoms with Crippen LogP contribution in [0.2, 0.25) is 0 Å². The molecule has 0 atom stereocenters. The fraction of sp³-hybridized carbons (Fsp3) is 0.250. The van der Waals surface area contributed by atoms with E-state index in [0.29, 0.717) is 43.2 Å². The number of nitrogens with one attached hydrogen (secondary N) is 1. The molecule has 0 saturated carbocycles. The van der Waals surface area contributed by atoms with E-state index in [1.165, 1.54) is 10.4 Å². The number of amides is 1. The van der Waals surface area contributed by atoms with Crippen molar-refractivity contribution in [2.24, 2.45) is 0 Å². The summed E-state index contributed by atoms with van der Waals surface area (Å²) in [6.45, 7) is 1.37. The first-order valence-corrected chi connectivity index (χ1v) is 10.8. The summed E-state index contributed by atoms with van der Waals surface area (Å²) < 4.78 is 37.9. The van der Waals surface area contributed by atoms with E-state index in [1.54, 1.807) is 48.8 Å². The lowest BCUT2D eigenvalue weighted by molar-refractivity contribution is 0.0730. The lowest BCUT2D eigenvalue weighted by Crippen LogP contribution is -2.41. The second-order valence-corrected chi connectivity index (χ2v) is 8.53. The topological polar surface area (TPSA) is 115 Å². The van der Waals surface area contributed by atoms with Crippen molar-refractivity contribution in [2.75, 3.05) is 26.3 Å². The molecule has 0 aliphatic carbocycles. The van der Waals surface area contributed by atoms with Crippen molar-refractivity contribution in [1.82, 2.24) is 19.8 Å². The van der Waals surface area contributed by atoms with Gasteiger partial charge >= 0.3 is 0 Å². The number of rotatable bonds is 6. The lowest BCUT2D eigenvalue weighted by Gasteiger charge is -2.27. The summed E-state index contributed by atoms with van der Waals surface area (Å²) in [7, 11) is -3.68. The zero-order valence-corrected chi connectivity index (χ0v) is 16.8. The number of hydrogen-bond donors (Lipinski definition) is 1. The molecule has 0 spiro atoms. The number of carbonyl (C=O) groups is 1. The van der Waals surface area contributed by atoms with E-state index in [1.807, 2.05) is 0 Å². The maximum atomic E-state index is 13.0. The van der Waals surface area contributed by atoms with Gasteiger partial charge in [0.15, 0.2) is 11.5 Å². The molecule has 3 heterocycles. The average molecular weight is 428 g/mol. The Labute approximate surface area is 173 Å². The number of ether oxygens (including phenoxy) is 1. The maximum Gasteiger partial charge on any atom is 0.273 e. The summed E-state index contributed by atoms with van der Waals surface area (Å²) in [5, 5.41) is 6.50. The van der Waals surface area contributed by atoms with Crippen LogP contribution in [0.4, 0.5) is 0 Å². The van der Waals surface area contributed by atoms with Gasteiger partial charge in [-0.15, -0.1) is 0 Å². The van der Waals surface area contributed by atoms with Gasteiger partial charge in [-0.25, -0.2) is 8.42 Å². The first kappa shape index (κ1) is 20.2.